The summed E-state index contributed by atoms with van der Waals surface area (Å²) in [5.41, 5.74) is 2.39. The van der Waals surface area contributed by atoms with E-state index < -0.39 is 0 Å². The van der Waals surface area contributed by atoms with Crippen LogP contribution >= 0.6 is 0 Å². The van der Waals surface area contributed by atoms with Crippen LogP contribution in [0.2, 0.25) is 0 Å². The Morgan fingerprint density at radius 3 is 2.63 bits per heavy atom. The molecule has 1 aromatic rings. The molecule has 1 atom stereocenters. The molecule has 1 amide bonds. The Morgan fingerprint density at radius 1 is 1.11 bits per heavy atom. The average molecular weight is 374 g/mol. The van der Waals surface area contributed by atoms with Crippen LogP contribution in [0.15, 0.2) is 18.2 Å². The number of hydrogen-bond acceptors (Lipinski definition) is 5. The first-order valence-electron chi connectivity index (χ1n) is 10.1. The fourth-order valence-electron chi connectivity index (χ4n) is 4.13. The van der Waals surface area contributed by atoms with E-state index in [9.17, 15) is 4.79 Å². The van der Waals surface area contributed by atoms with Crippen LogP contribution in [-0.4, -0.2) is 67.9 Å². The maximum absolute atomic E-state index is 13.1. The second-order valence-electron chi connectivity index (χ2n) is 7.84. The predicted octanol–water partition coefficient (Wildman–Crippen LogP) is 2.05. The van der Waals surface area contributed by atoms with Crippen molar-refractivity contribution in [1.29, 1.82) is 0 Å². The van der Waals surface area contributed by atoms with Gasteiger partial charge in [-0.2, -0.15) is 0 Å². The molecule has 6 heteroatoms. The number of carbonyl (C=O) groups is 1. The summed E-state index contributed by atoms with van der Waals surface area (Å²) in [6, 6.07) is 6.51. The fourth-order valence-corrected chi connectivity index (χ4v) is 4.13. The van der Waals surface area contributed by atoms with Gasteiger partial charge in [0.25, 0.3) is 0 Å². The van der Waals surface area contributed by atoms with Crippen molar-refractivity contribution in [3.63, 3.8) is 0 Å². The molecule has 0 N–H and O–H groups in total. The molecule has 0 unspecified atom stereocenters. The highest BCUT2D eigenvalue weighted by atomic mass is 16.5. The van der Waals surface area contributed by atoms with Gasteiger partial charge in [0, 0.05) is 50.9 Å². The molecule has 2 fully saturated rings. The van der Waals surface area contributed by atoms with Crippen LogP contribution in [0, 0.1) is 5.92 Å². The minimum absolute atomic E-state index is 0.0791. The van der Waals surface area contributed by atoms with Gasteiger partial charge in [-0.25, -0.2) is 0 Å². The standard InChI is InChI=1S/C21H30N2O4/c1-16-15-27-20-3-2-17(13-22-6-10-26-11-7-22)12-19(20)14-23(16)21(24)18-4-8-25-9-5-18/h2-3,12,16,18H,4-11,13-15H2,1H3/t16-/m0/s1. The van der Waals surface area contributed by atoms with Crippen molar-refractivity contribution in [2.45, 2.75) is 38.9 Å². The third-order valence-electron chi connectivity index (χ3n) is 5.84. The van der Waals surface area contributed by atoms with Crippen molar-refractivity contribution >= 4 is 5.91 Å². The van der Waals surface area contributed by atoms with E-state index in [1.807, 2.05) is 4.90 Å². The smallest absolute Gasteiger partial charge is 0.226 e. The van der Waals surface area contributed by atoms with Gasteiger partial charge in [-0.3, -0.25) is 9.69 Å². The van der Waals surface area contributed by atoms with Gasteiger partial charge in [-0.15, -0.1) is 0 Å². The molecule has 0 saturated carbocycles. The van der Waals surface area contributed by atoms with E-state index in [1.54, 1.807) is 0 Å². The zero-order valence-electron chi connectivity index (χ0n) is 16.2. The zero-order chi connectivity index (χ0) is 18.6. The summed E-state index contributed by atoms with van der Waals surface area (Å²) in [5, 5.41) is 0. The molecule has 1 aromatic carbocycles. The molecule has 2 saturated heterocycles. The Hall–Kier alpha value is -1.63. The Kier molecular flexibility index (Phi) is 5.95. The average Bonchev–Trinajstić information content (AvgIpc) is 2.88. The normalized spacial score (nSPS) is 24.8. The van der Waals surface area contributed by atoms with Gasteiger partial charge in [0.2, 0.25) is 5.91 Å². The number of carbonyl (C=O) groups excluding carboxylic acids is 1. The molecule has 0 aliphatic carbocycles. The molecule has 4 rings (SSSR count). The van der Waals surface area contributed by atoms with E-state index in [1.165, 1.54) is 5.56 Å². The number of rotatable bonds is 3. The van der Waals surface area contributed by atoms with Crippen LogP contribution in [-0.2, 0) is 27.4 Å². The lowest BCUT2D eigenvalue weighted by atomic mass is 9.97. The molecule has 3 aliphatic heterocycles. The van der Waals surface area contributed by atoms with E-state index in [0.717, 1.165) is 57.0 Å². The SMILES string of the molecule is C[C@H]1COc2ccc(CN3CCOCC3)cc2CN1C(=O)C1CCOCC1. The third kappa shape index (κ3) is 4.45. The van der Waals surface area contributed by atoms with Crippen molar-refractivity contribution < 1.29 is 19.0 Å². The molecular formula is C21H30N2O4. The van der Waals surface area contributed by atoms with Crippen LogP contribution in [0.5, 0.6) is 5.75 Å². The highest BCUT2D eigenvalue weighted by Crippen LogP contribution is 2.29. The summed E-state index contributed by atoms with van der Waals surface area (Å²) < 4.78 is 16.9. The number of nitrogens with zero attached hydrogens (tertiary/aromatic N) is 2. The summed E-state index contributed by atoms with van der Waals surface area (Å²) in [6.45, 7) is 9.10. The van der Waals surface area contributed by atoms with Crippen LogP contribution < -0.4 is 4.74 Å². The molecule has 3 heterocycles. The quantitative estimate of drug-likeness (QED) is 0.811. The lowest BCUT2D eigenvalue weighted by Crippen LogP contribution is -2.44. The molecule has 148 valence electrons. The van der Waals surface area contributed by atoms with Crippen LogP contribution in [0.25, 0.3) is 0 Å². The lowest BCUT2D eigenvalue weighted by molar-refractivity contribution is -0.141. The highest BCUT2D eigenvalue weighted by Gasteiger charge is 2.31. The van der Waals surface area contributed by atoms with E-state index >= 15 is 0 Å². The largest absolute Gasteiger partial charge is 0.491 e. The van der Waals surface area contributed by atoms with Gasteiger partial charge in [-0.1, -0.05) is 6.07 Å². The zero-order valence-corrected chi connectivity index (χ0v) is 16.2. The molecule has 6 nitrogen and oxygen atoms in total. The Bertz CT molecular complexity index is 654. The predicted molar refractivity (Wildman–Crippen MR) is 102 cm³/mol. The van der Waals surface area contributed by atoms with Crippen molar-refractivity contribution in [1.82, 2.24) is 9.80 Å². The van der Waals surface area contributed by atoms with Crippen LogP contribution in [0.4, 0.5) is 0 Å². The minimum atomic E-state index is 0.0791. The maximum atomic E-state index is 13.1. The maximum Gasteiger partial charge on any atom is 0.226 e. The second-order valence-corrected chi connectivity index (χ2v) is 7.84. The molecule has 3 aliphatic rings. The van der Waals surface area contributed by atoms with Gasteiger partial charge in [-0.05, 0) is 37.5 Å². The van der Waals surface area contributed by atoms with E-state index in [0.29, 0.717) is 26.4 Å². The summed E-state index contributed by atoms with van der Waals surface area (Å²) >= 11 is 0. The number of benzene rings is 1. The van der Waals surface area contributed by atoms with Gasteiger partial charge in [0.15, 0.2) is 0 Å². The Morgan fingerprint density at radius 2 is 1.85 bits per heavy atom. The van der Waals surface area contributed by atoms with Gasteiger partial charge < -0.3 is 19.1 Å². The van der Waals surface area contributed by atoms with Gasteiger partial charge in [0.1, 0.15) is 12.4 Å². The molecule has 0 aromatic heterocycles. The summed E-state index contributed by atoms with van der Waals surface area (Å²) in [7, 11) is 0. The Balaban J connectivity index is 1.49. The first kappa shape index (κ1) is 18.7. The van der Waals surface area contributed by atoms with Crippen molar-refractivity contribution in [2.24, 2.45) is 5.92 Å². The number of ether oxygens (including phenoxy) is 3. The van der Waals surface area contributed by atoms with E-state index in [4.69, 9.17) is 14.2 Å². The van der Waals surface area contributed by atoms with E-state index in [-0.39, 0.29) is 17.9 Å². The Labute approximate surface area is 161 Å². The van der Waals surface area contributed by atoms with Crippen LogP contribution in [0.1, 0.15) is 30.9 Å². The second kappa shape index (κ2) is 8.59. The number of fused-ring (bicyclic) bond motifs is 1. The van der Waals surface area contributed by atoms with E-state index in [2.05, 4.69) is 30.0 Å². The summed E-state index contributed by atoms with van der Waals surface area (Å²) in [4.78, 5) is 17.5. The molecule has 0 radical (unpaired) electrons. The van der Waals surface area contributed by atoms with Gasteiger partial charge >= 0.3 is 0 Å². The van der Waals surface area contributed by atoms with Crippen molar-refractivity contribution in [3.8, 4) is 5.75 Å². The first-order chi connectivity index (χ1) is 13.2. The number of hydrogen-bond donors (Lipinski definition) is 0. The monoisotopic (exact) mass is 374 g/mol. The highest BCUT2D eigenvalue weighted by molar-refractivity contribution is 5.79. The molecule has 0 bridgehead atoms. The van der Waals surface area contributed by atoms with Gasteiger partial charge in [0.05, 0.1) is 19.3 Å². The summed E-state index contributed by atoms with van der Waals surface area (Å²) in [6.07, 6.45) is 1.65. The van der Waals surface area contributed by atoms with Crippen molar-refractivity contribution in [2.75, 3.05) is 46.1 Å². The topological polar surface area (TPSA) is 51.2 Å². The summed E-state index contributed by atoms with van der Waals surface area (Å²) in [5.74, 6) is 1.25. The molecule has 27 heavy (non-hydrogen) atoms. The number of morpholine rings is 1. The van der Waals surface area contributed by atoms with Crippen molar-refractivity contribution in [3.05, 3.63) is 29.3 Å². The first-order valence-corrected chi connectivity index (χ1v) is 10.1. The molecular weight excluding hydrogens is 344 g/mol. The third-order valence-corrected chi connectivity index (χ3v) is 5.84. The lowest BCUT2D eigenvalue weighted by Gasteiger charge is -2.32. The number of amides is 1. The molecule has 0 spiro atoms. The fraction of sp³-hybridized carbons (Fsp3) is 0.667. The minimum Gasteiger partial charge on any atom is -0.491 e. The van der Waals surface area contributed by atoms with Crippen LogP contribution in [0.3, 0.4) is 0 Å².